The van der Waals surface area contributed by atoms with Crippen molar-refractivity contribution < 1.29 is 14.3 Å². The lowest BCUT2D eigenvalue weighted by molar-refractivity contribution is -0.143. The second-order valence-electron chi connectivity index (χ2n) is 7.21. The van der Waals surface area contributed by atoms with Crippen LogP contribution in [0.15, 0.2) is 0 Å². The van der Waals surface area contributed by atoms with Crippen molar-refractivity contribution in [2.24, 2.45) is 11.3 Å². The van der Waals surface area contributed by atoms with E-state index in [0.717, 1.165) is 12.8 Å². The molecule has 0 bridgehead atoms. The molecule has 0 aromatic carbocycles. The fraction of sp³-hybridized carbons (Fsp3) is 0.765. The van der Waals surface area contributed by atoms with Gasteiger partial charge < -0.3 is 9.64 Å². The smallest absolute Gasteiger partial charge is 0.378 e. The van der Waals surface area contributed by atoms with Gasteiger partial charge >= 0.3 is 5.97 Å². The standard InChI is InChI=1S/C17H28N4O3/c1-6-24-15(22)14-18-13(19-20-14)12-7-9-21(10-8-12)16(23)17(4,5)11(2)3/h11-12H,6-10H2,1-5H3,(H,18,19,20). The molecule has 134 valence electrons. The summed E-state index contributed by atoms with van der Waals surface area (Å²) in [7, 11) is 0. The Morgan fingerprint density at radius 3 is 2.50 bits per heavy atom. The molecule has 0 unspecified atom stereocenters. The number of aromatic nitrogens is 3. The van der Waals surface area contributed by atoms with Crippen LogP contribution in [0.4, 0.5) is 0 Å². The number of nitrogens with zero attached hydrogens (tertiary/aromatic N) is 3. The maximum absolute atomic E-state index is 12.7. The van der Waals surface area contributed by atoms with Crippen molar-refractivity contribution in [3.05, 3.63) is 11.6 Å². The van der Waals surface area contributed by atoms with Gasteiger partial charge in [-0.05, 0) is 25.7 Å². The number of rotatable bonds is 5. The first kappa shape index (κ1) is 18.4. The minimum atomic E-state index is -0.508. The number of amides is 1. The van der Waals surface area contributed by atoms with E-state index < -0.39 is 5.97 Å². The number of nitrogens with one attached hydrogen (secondary N) is 1. The van der Waals surface area contributed by atoms with Crippen LogP contribution in [0.2, 0.25) is 0 Å². The fourth-order valence-corrected chi connectivity index (χ4v) is 2.75. The molecule has 7 heteroatoms. The molecule has 24 heavy (non-hydrogen) atoms. The zero-order chi connectivity index (χ0) is 17.9. The Morgan fingerprint density at radius 2 is 1.96 bits per heavy atom. The van der Waals surface area contributed by atoms with Gasteiger partial charge in [-0.15, -0.1) is 5.10 Å². The number of aromatic amines is 1. The third-order valence-electron chi connectivity index (χ3n) is 5.12. The summed E-state index contributed by atoms with van der Waals surface area (Å²) in [5, 5.41) is 6.78. The number of carbonyl (C=O) groups is 2. The molecule has 0 saturated carbocycles. The molecule has 0 spiro atoms. The van der Waals surface area contributed by atoms with E-state index in [2.05, 4.69) is 29.0 Å². The minimum Gasteiger partial charge on any atom is -0.460 e. The van der Waals surface area contributed by atoms with Crippen LogP contribution in [-0.2, 0) is 9.53 Å². The van der Waals surface area contributed by atoms with Gasteiger partial charge in [-0.3, -0.25) is 9.89 Å². The zero-order valence-corrected chi connectivity index (χ0v) is 15.3. The van der Waals surface area contributed by atoms with Gasteiger partial charge in [0.15, 0.2) is 0 Å². The molecule has 1 N–H and O–H groups in total. The van der Waals surface area contributed by atoms with Crippen molar-refractivity contribution in [1.82, 2.24) is 20.1 Å². The highest BCUT2D eigenvalue weighted by atomic mass is 16.5. The number of hydrogen-bond donors (Lipinski definition) is 1. The van der Waals surface area contributed by atoms with E-state index in [9.17, 15) is 9.59 Å². The lowest BCUT2D eigenvalue weighted by atomic mass is 9.79. The molecule has 2 rings (SSSR count). The van der Waals surface area contributed by atoms with E-state index in [1.54, 1.807) is 6.92 Å². The first-order valence-electron chi connectivity index (χ1n) is 8.66. The lowest BCUT2D eigenvalue weighted by Crippen LogP contribution is -2.46. The summed E-state index contributed by atoms with van der Waals surface area (Å²) >= 11 is 0. The summed E-state index contributed by atoms with van der Waals surface area (Å²) in [5.41, 5.74) is -0.351. The Morgan fingerprint density at radius 1 is 1.33 bits per heavy atom. The van der Waals surface area contributed by atoms with E-state index >= 15 is 0 Å². The maximum atomic E-state index is 12.7. The number of hydrogen-bond acceptors (Lipinski definition) is 5. The first-order chi connectivity index (χ1) is 11.3. The number of likely N-dealkylation sites (tertiary alicyclic amines) is 1. The summed E-state index contributed by atoms with van der Waals surface area (Å²) in [6.45, 7) is 11.6. The zero-order valence-electron chi connectivity index (χ0n) is 15.3. The monoisotopic (exact) mass is 336 g/mol. The molecule has 1 aliphatic heterocycles. The highest BCUT2D eigenvalue weighted by molar-refractivity contribution is 5.85. The van der Waals surface area contributed by atoms with Gasteiger partial charge in [0, 0.05) is 24.4 Å². The molecule has 7 nitrogen and oxygen atoms in total. The second-order valence-corrected chi connectivity index (χ2v) is 7.21. The molecule has 2 heterocycles. The molecule has 1 amide bonds. The summed E-state index contributed by atoms with van der Waals surface area (Å²) in [4.78, 5) is 30.5. The van der Waals surface area contributed by atoms with E-state index in [1.807, 2.05) is 18.7 Å². The van der Waals surface area contributed by atoms with Crippen LogP contribution in [0.1, 0.15) is 69.8 Å². The molecule has 1 aliphatic rings. The van der Waals surface area contributed by atoms with Crippen LogP contribution >= 0.6 is 0 Å². The number of carbonyl (C=O) groups excluding carboxylic acids is 2. The summed E-state index contributed by atoms with van der Waals surface area (Å²) in [6, 6.07) is 0. The van der Waals surface area contributed by atoms with E-state index in [-0.39, 0.29) is 23.1 Å². The Labute approximate surface area is 143 Å². The number of esters is 1. The van der Waals surface area contributed by atoms with Crippen molar-refractivity contribution in [3.8, 4) is 0 Å². The van der Waals surface area contributed by atoms with Gasteiger partial charge in [-0.1, -0.05) is 27.7 Å². The predicted molar refractivity (Wildman–Crippen MR) is 89.5 cm³/mol. The molecular formula is C17H28N4O3. The Hall–Kier alpha value is -1.92. The van der Waals surface area contributed by atoms with Crippen molar-refractivity contribution >= 4 is 11.9 Å². The van der Waals surface area contributed by atoms with Gasteiger partial charge in [0.25, 0.3) is 5.82 Å². The van der Waals surface area contributed by atoms with Gasteiger partial charge in [0.05, 0.1) is 6.61 Å². The van der Waals surface area contributed by atoms with Gasteiger partial charge in [-0.2, -0.15) is 0 Å². The normalized spacial score (nSPS) is 16.5. The van der Waals surface area contributed by atoms with Crippen LogP contribution < -0.4 is 0 Å². The minimum absolute atomic E-state index is 0.0753. The number of H-pyrrole nitrogens is 1. The third kappa shape index (κ3) is 3.76. The van der Waals surface area contributed by atoms with Crippen LogP contribution in [0, 0.1) is 11.3 Å². The van der Waals surface area contributed by atoms with Crippen LogP contribution in [0.3, 0.4) is 0 Å². The molecule has 1 fully saturated rings. The Bertz CT molecular complexity index is 586. The predicted octanol–water partition coefficient (Wildman–Crippen LogP) is 2.37. The average Bonchev–Trinajstić information content (AvgIpc) is 3.04. The molecule has 0 radical (unpaired) electrons. The summed E-state index contributed by atoms with van der Waals surface area (Å²) < 4.78 is 4.90. The highest BCUT2D eigenvalue weighted by Crippen LogP contribution is 2.32. The quantitative estimate of drug-likeness (QED) is 0.834. The first-order valence-corrected chi connectivity index (χ1v) is 8.66. The van der Waals surface area contributed by atoms with Crippen LogP contribution in [0.25, 0.3) is 0 Å². The number of piperidine rings is 1. The molecule has 1 aromatic heterocycles. The van der Waals surface area contributed by atoms with Crippen LogP contribution in [0.5, 0.6) is 0 Å². The maximum Gasteiger partial charge on any atom is 0.378 e. The summed E-state index contributed by atoms with van der Waals surface area (Å²) in [6.07, 6.45) is 1.63. The topological polar surface area (TPSA) is 88.2 Å². The number of ether oxygens (including phenoxy) is 1. The van der Waals surface area contributed by atoms with Gasteiger partial charge in [0.2, 0.25) is 5.91 Å². The van der Waals surface area contributed by atoms with Gasteiger partial charge in [0.1, 0.15) is 5.82 Å². The fourth-order valence-electron chi connectivity index (χ4n) is 2.75. The van der Waals surface area contributed by atoms with Crippen molar-refractivity contribution in [1.29, 1.82) is 0 Å². The van der Waals surface area contributed by atoms with E-state index in [4.69, 9.17) is 4.74 Å². The average molecular weight is 336 g/mol. The lowest BCUT2D eigenvalue weighted by Gasteiger charge is -2.38. The molecule has 1 saturated heterocycles. The molecule has 1 aromatic rings. The summed E-state index contributed by atoms with van der Waals surface area (Å²) in [5.74, 6) is 0.961. The van der Waals surface area contributed by atoms with Crippen molar-refractivity contribution in [2.45, 2.75) is 53.4 Å². The van der Waals surface area contributed by atoms with Gasteiger partial charge in [-0.25, -0.2) is 9.78 Å². The van der Waals surface area contributed by atoms with Crippen molar-refractivity contribution in [2.75, 3.05) is 19.7 Å². The van der Waals surface area contributed by atoms with E-state index in [1.165, 1.54) is 0 Å². The SMILES string of the molecule is CCOC(=O)c1n[nH]c(C2CCN(C(=O)C(C)(C)C(C)C)CC2)n1. The van der Waals surface area contributed by atoms with E-state index in [0.29, 0.717) is 31.4 Å². The van der Waals surface area contributed by atoms with Crippen LogP contribution in [-0.4, -0.2) is 51.7 Å². The molecule has 0 atom stereocenters. The second kappa shape index (κ2) is 7.32. The largest absolute Gasteiger partial charge is 0.460 e. The third-order valence-corrected chi connectivity index (χ3v) is 5.12. The van der Waals surface area contributed by atoms with Crippen molar-refractivity contribution in [3.63, 3.8) is 0 Å². The molecular weight excluding hydrogens is 308 g/mol. The Kier molecular flexibility index (Phi) is 5.62. The Balaban J connectivity index is 1.96. The molecule has 0 aliphatic carbocycles. The highest BCUT2D eigenvalue weighted by Gasteiger charge is 2.37.